The molecule has 0 aliphatic carbocycles. The molecule has 0 N–H and O–H groups in total. The highest BCUT2D eigenvalue weighted by Gasteiger charge is 2.30. The van der Waals surface area contributed by atoms with Crippen molar-refractivity contribution < 1.29 is 22.0 Å². The van der Waals surface area contributed by atoms with Crippen LogP contribution in [-0.2, 0) is 10.0 Å². The van der Waals surface area contributed by atoms with Gasteiger partial charge in [-0.1, -0.05) is 0 Å². The van der Waals surface area contributed by atoms with Crippen molar-refractivity contribution in [2.75, 3.05) is 26.2 Å². The predicted molar refractivity (Wildman–Crippen MR) is 122 cm³/mol. The van der Waals surface area contributed by atoms with Crippen LogP contribution < -0.4 is 0 Å². The lowest BCUT2D eigenvalue weighted by Gasteiger charge is -2.31. The van der Waals surface area contributed by atoms with Gasteiger partial charge in [0.1, 0.15) is 5.82 Å². The van der Waals surface area contributed by atoms with Crippen LogP contribution in [0, 0.1) is 5.82 Å². The van der Waals surface area contributed by atoms with E-state index in [-0.39, 0.29) is 22.5 Å². The highest BCUT2D eigenvalue weighted by Crippen LogP contribution is 2.29. The van der Waals surface area contributed by atoms with Gasteiger partial charge in [-0.3, -0.25) is 4.79 Å². The molecular weight excluding hydrogens is 459 g/mol. The Morgan fingerprint density at radius 1 is 0.941 bits per heavy atom. The van der Waals surface area contributed by atoms with Crippen molar-refractivity contribution in [3.05, 3.63) is 65.8 Å². The molecule has 8 nitrogen and oxygen atoms in total. The van der Waals surface area contributed by atoms with Gasteiger partial charge in [-0.25, -0.2) is 12.8 Å². The average molecular weight is 485 g/mol. The fourth-order valence-corrected chi connectivity index (χ4v) is 6.02. The first kappa shape index (κ1) is 22.7. The summed E-state index contributed by atoms with van der Waals surface area (Å²) in [6, 6.07) is 12.0. The molecule has 0 spiro atoms. The topological polar surface area (TPSA) is 96.6 Å². The second-order valence-electron chi connectivity index (χ2n) is 8.68. The summed E-state index contributed by atoms with van der Waals surface area (Å²) in [7, 11) is -3.51. The molecule has 1 amide bonds. The van der Waals surface area contributed by atoms with Crippen LogP contribution in [0.15, 0.2) is 57.8 Å². The van der Waals surface area contributed by atoms with Crippen LogP contribution in [0.4, 0.5) is 4.39 Å². The first-order valence-electron chi connectivity index (χ1n) is 11.4. The Kier molecular flexibility index (Phi) is 6.18. The van der Waals surface area contributed by atoms with Crippen molar-refractivity contribution in [1.29, 1.82) is 0 Å². The molecule has 1 atom stereocenters. The lowest BCUT2D eigenvalue weighted by atomic mass is 9.97. The van der Waals surface area contributed by atoms with E-state index in [1.807, 2.05) is 0 Å². The maximum Gasteiger partial charge on any atom is 0.253 e. The molecule has 10 heteroatoms. The lowest BCUT2D eigenvalue weighted by molar-refractivity contribution is 0.0698. The summed E-state index contributed by atoms with van der Waals surface area (Å²) in [5.74, 6) is 0.158. The van der Waals surface area contributed by atoms with E-state index < -0.39 is 10.0 Å². The first-order chi connectivity index (χ1) is 16.4. The number of halogens is 1. The molecule has 3 heterocycles. The van der Waals surface area contributed by atoms with E-state index in [2.05, 4.69) is 10.2 Å². The molecule has 2 fully saturated rings. The van der Waals surface area contributed by atoms with Gasteiger partial charge in [0, 0.05) is 37.3 Å². The molecule has 0 bridgehead atoms. The van der Waals surface area contributed by atoms with Crippen molar-refractivity contribution in [1.82, 2.24) is 19.4 Å². The monoisotopic (exact) mass is 484 g/mol. The maximum atomic E-state index is 13.2. The van der Waals surface area contributed by atoms with Gasteiger partial charge in [0.15, 0.2) is 0 Å². The van der Waals surface area contributed by atoms with Crippen LogP contribution in [0.2, 0.25) is 0 Å². The molecule has 1 aromatic heterocycles. The van der Waals surface area contributed by atoms with Crippen LogP contribution in [-0.4, -0.2) is 59.9 Å². The number of carbonyl (C=O) groups is 1. The molecule has 2 saturated heterocycles. The third-order valence-corrected chi connectivity index (χ3v) is 8.31. The van der Waals surface area contributed by atoms with Crippen LogP contribution in [0.1, 0.15) is 47.8 Å². The van der Waals surface area contributed by atoms with Gasteiger partial charge in [-0.2, -0.15) is 4.31 Å². The lowest BCUT2D eigenvalue weighted by Crippen LogP contribution is -2.39. The minimum atomic E-state index is -3.51. The summed E-state index contributed by atoms with van der Waals surface area (Å²) in [6.45, 7) is 2.10. The van der Waals surface area contributed by atoms with Crippen molar-refractivity contribution in [2.45, 2.75) is 36.5 Å². The van der Waals surface area contributed by atoms with Gasteiger partial charge in [-0.15, -0.1) is 10.2 Å². The number of amides is 1. The zero-order valence-electron chi connectivity index (χ0n) is 18.6. The Morgan fingerprint density at radius 2 is 1.65 bits per heavy atom. The Labute approximate surface area is 197 Å². The summed E-state index contributed by atoms with van der Waals surface area (Å²) < 4.78 is 45.9. The molecule has 1 unspecified atom stereocenters. The van der Waals surface area contributed by atoms with Crippen molar-refractivity contribution in [2.24, 2.45) is 0 Å². The van der Waals surface area contributed by atoms with Gasteiger partial charge in [0.25, 0.3) is 5.91 Å². The molecule has 5 rings (SSSR count). The molecule has 0 saturated carbocycles. The number of carbonyl (C=O) groups excluding carboxylic acids is 1. The molecule has 2 aliphatic heterocycles. The number of rotatable bonds is 5. The van der Waals surface area contributed by atoms with E-state index in [9.17, 15) is 17.6 Å². The van der Waals surface area contributed by atoms with Crippen LogP contribution in [0.25, 0.3) is 11.5 Å². The van der Waals surface area contributed by atoms with Crippen molar-refractivity contribution in [3.8, 4) is 11.5 Å². The summed E-state index contributed by atoms with van der Waals surface area (Å²) in [5.41, 5.74) is 1.08. The second kappa shape index (κ2) is 9.27. The van der Waals surface area contributed by atoms with E-state index in [1.54, 1.807) is 29.2 Å². The van der Waals surface area contributed by atoms with Crippen LogP contribution in [0.5, 0.6) is 0 Å². The van der Waals surface area contributed by atoms with Crippen LogP contribution in [0.3, 0.4) is 0 Å². The minimum absolute atomic E-state index is 0.103. The highest BCUT2D eigenvalue weighted by atomic mass is 32.2. The van der Waals surface area contributed by atoms with Gasteiger partial charge in [-0.05, 0) is 74.2 Å². The van der Waals surface area contributed by atoms with Gasteiger partial charge in [0.2, 0.25) is 21.8 Å². The predicted octanol–water partition coefficient (Wildman–Crippen LogP) is 3.68. The van der Waals surface area contributed by atoms with Crippen molar-refractivity contribution in [3.63, 3.8) is 0 Å². The fourth-order valence-electron chi connectivity index (χ4n) is 4.50. The molecule has 34 heavy (non-hydrogen) atoms. The number of piperidine rings is 1. The standard InChI is InChI=1S/C24H25FN4O4S/c25-20-9-5-17(6-10-20)22-26-27-23(33-22)19-4-3-13-28(16-19)24(30)18-7-11-21(12-8-18)34(31,32)29-14-1-2-15-29/h5-12,19H,1-4,13-16H2. The van der Waals surface area contributed by atoms with E-state index >= 15 is 0 Å². The molecule has 2 aromatic carbocycles. The van der Waals surface area contributed by atoms with Gasteiger partial charge < -0.3 is 9.32 Å². The zero-order chi connectivity index (χ0) is 23.7. The average Bonchev–Trinajstić information content (AvgIpc) is 3.58. The Morgan fingerprint density at radius 3 is 2.35 bits per heavy atom. The SMILES string of the molecule is O=C(c1ccc(S(=O)(=O)N2CCCC2)cc1)N1CCCC(c2nnc(-c3ccc(F)cc3)o2)C1. The summed E-state index contributed by atoms with van der Waals surface area (Å²) >= 11 is 0. The van der Waals surface area contributed by atoms with E-state index in [0.717, 1.165) is 25.7 Å². The number of sulfonamides is 1. The quantitative estimate of drug-likeness (QED) is 0.548. The first-order valence-corrected chi connectivity index (χ1v) is 12.8. The van der Waals surface area contributed by atoms with Gasteiger partial charge >= 0.3 is 0 Å². The molecule has 2 aliphatic rings. The fraction of sp³-hybridized carbons (Fsp3) is 0.375. The van der Waals surface area contributed by atoms with E-state index in [0.29, 0.717) is 49.1 Å². The number of nitrogens with zero attached hydrogens (tertiary/aromatic N) is 4. The third kappa shape index (κ3) is 4.47. The number of likely N-dealkylation sites (tertiary alicyclic amines) is 1. The summed E-state index contributed by atoms with van der Waals surface area (Å²) in [4.78, 5) is 15.1. The Balaban J connectivity index is 1.27. The zero-order valence-corrected chi connectivity index (χ0v) is 19.4. The normalized spacial score (nSPS) is 19.4. The van der Waals surface area contributed by atoms with E-state index in [1.165, 1.54) is 28.6 Å². The number of hydrogen-bond acceptors (Lipinski definition) is 6. The summed E-state index contributed by atoms with van der Waals surface area (Å²) in [5, 5.41) is 8.24. The Hall–Kier alpha value is -3.11. The molecule has 0 radical (unpaired) electrons. The summed E-state index contributed by atoms with van der Waals surface area (Å²) in [6.07, 6.45) is 3.34. The van der Waals surface area contributed by atoms with Gasteiger partial charge in [0.05, 0.1) is 10.8 Å². The molecule has 178 valence electrons. The Bertz CT molecular complexity index is 1270. The van der Waals surface area contributed by atoms with Crippen LogP contribution >= 0.6 is 0 Å². The number of aromatic nitrogens is 2. The number of hydrogen-bond donors (Lipinski definition) is 0. The maximum absolute atomic E-state index is 13.2. The molecule has 3 aromatic rings. The smallest absolute Gasteiger partial charge is 0.253 e. The molecular formula is C24H25FN4O4S. The third-order valence-electron chi connectivity index (χ3n) is 6.39. The largest absolute Gasteiger partial charge is 0.420 e. The van der Waals surface area contributed by atoms with E-state index in [4.69, 9.17) is 4.42 Å². The minimum Gasteiger partial charge on any atom is -0.420 e. The second-order valence-corrected chi connectivity index (χ2v) is 10.6. The number of benzene rings is 2. The van der Waals surface area contributed by atoms with Crippen molar-refractivity contribution >= 4 is 15.9 Å². The highest BCUT2D eigenvalue weighted by molar-refractivity contribution is 7.89.